The molecule has 1 saturated heterocycles. The molecule has 0 spiro atoms. The second-order valence-electron chi connectivity index (χ2n) is 6.18. The van der Waals surface area contributed by atoms with E-state index in [9.17, 15) is 13.2 Å². The maximum atomic E-state index is 14.1. The average Bonchev–Trinajstić information content (AvgIpc) is 2.41. The number of benzene rings is 1. The van der Waals surface area contributed by atoms with Gasteiger partial charge in [-0.2, -0.15) is 0 Å². The standard InChI is InChI=1S/C16H23F3N2/c1-10(2)20-9-11-5-4-6-21(3)16(11)12-7-14(18)15(19)8-13(12)17/h7-8,10-11,16,20H,4-6,9H2,1-3H3. The van der Waals surface area contributed by atoms with Crippen molar-refractivity contribution < 1.29 is 13.2 Å². The summed E-state index contributed by atoms with van der Waals surface area (Å²) in [6, 6.07) is 1.78. The Bertz CT molecular complexity index is 491. The van der Waals surface area contributed by atoms with E-state index in [1.165, 1.54) is 0 Å². The molecule has 21 heavy (non-hydrogen) atoms. The van der Waals surface area contributed by atoms with Crippen LogP contribution in [0.15, 0.2) is 12.1 Å². The molecule has 0 amide bonds. The molecule has 0 radical (unpaired) electrons. The van der Waals surface area contributed by atoms with Gasteiger partial charge in [0.2, 0.25) is 0 Å². The predicted octanol–water partition coefficient (Wildman–Crippen LogP) is 3.48. The molecule has 2 nitrogen and oxygen atoms in total. The molecule has 0 aromatic heterocycles. The Kier molecular flexibility index (Phi) is 5.27. The summed E-state index contributed by atoms with van der Waals surface area (Å²) in [4.78, 5) is 2.03. The molecule has 1 aliphatic rings. The van der Waals surface area contributed by atoms with E-state index in [0.717, 1.165) is 32.0 Å². The lowest BCUT2D eigenvalue weighted by molar-refractivity contribution is 0.114. The Morgan fingerprint density at radius 1 is 1.19 bits per heavy atom. The number of rotatable bonds is 4. The zero-order valence-corrected chi connectivity index (χ0v) is 12.8. The average molecular weight is 300 g/mol. The van der Waals surface area contributed by atoms with Crippen LogP contribution in [0.25, 0.3) is 0 Å². The minimum absolute atomic E-state index is 0.186. The summed E-state index contributed by atoms with van der Waals surface area (Å²) in [5, 5.41) is 3.36. The third-order valence-electron chi connectivity index (χ3n) is 4.15. The number of hydrogen-bond acceptors (Lipinski definition) is 2. The summed E-state index contributed by atoms with van der Waals surface area (Å²) >= 11 is 0. The molecule has 5 heteroatoms. The van der Waals surface area contributed by atoms with Crippen molar-refractivity contribution in [2.75, 3.05) is 20.1 Å². The zero-order chi connectivity index (χ0) is 15.6. The van der Waals surface area contributed by atoms with Crippen molar-refractivity contribution >= 4 is 0 Å². The van der Waals surface area contributed by atoms with Crippen molar-refractivity contribution in [3.8, 4) is 0 Å². The molecule has 1 aromatic carbocycles. The Morgan fingerprint density at radius 3 is 2.52 bits per heavy atom. The number of hydrogen-bond donors (Lipinski definition) is 1. The van der Waals surface area contributed by atoms with Crippen molar-refractivity contribution in [1.29, 1.82) is 0 Å². The molecule has 1 fully saturated rings. The van der Waals surface area contributed by atoms with Gasteiger partial charge < -0.3 is 5.32 Å². The molecular formula is C16H23F3N2. The van der Waals surface area contributed by atoms with Crippen LogP contribution in [-0.4, -0.2) is 31.1 Å². The summed E-state index contributed by atoms with van der Waals surface area (Å²) in [7, 11) is 1.91. The maximum absolute atomic E-state index is 14.1. The van der Waals surface area contributed by atoms with Crippen LogP contribution in [-0.2, 0) is 0 Å². The fraction of sp³-hybridized carbons (Fsp3) is 0.625. The predicted molar refractivity (Wildman–Crippen MR) is 77.5 cm³/mol. The summed E-state index contributed by atoms with van der Waals surface area (Å²) in [5.74, 6) is -2.60. The first-order valence-corrected chi connectivity index (χ1v) is 7.48. The quantitative estimate of drug-likeness (QED) is 0.856. The van der Waals surface area contributed by atoms with Crippen molar-refractivity contribution in [1.82, 2.24) is 10.2 Å². The molecule has 1 N–H and O–H groups in total. The first-order valence-electron chi connectivity index (χ1n) is 7.48. The van der Waals surface area contributed by atoms with Crippen LogP contribution < -0.4 is 5.32 Å². The Morgan fingerprint density at radius 2 is 1.86 bits per heavy atom. The van der Waals surface area contributed by atoms with Gasteiger partial charge in [0.05, 0.1) is 0 Å². The van der Waals surface area contributed by atoms with Crippen LogP contribution in [0.3, 0.4) is 0 Å². The Hall–Kier alpha value is -1.07. The minimum Gasteiger partial charge on any atom is -0.314 e. The van der Waals surface area contributed by atoms with E-state index < -0.39 is 17.5 Å². The van der Waals surface area contributed by atoms with E-state index in [1.54, 1.807) is 0 Å². The van der Waals surface area contributed by atoms with Crippen molar-refractivity contribution in [3.05, 3.63) is 35.1 Å². The molecule has 0 saturated carbocycles. The van der Waals surface area contributed by atoms with Crippen LogP contribution in [0.5, 0.6) is 0 Å². The van der Waals surface area contributed by atoms with E-state index in [-0.39, 0.29) is 17.5 Å². The second-order valence-corrected chi connectivity index (χ2v) is 6.18. The lowest BCUT2D eigenvalue weighted by Gasteiger charge is -2.40. The monoisotopic (exact) mass is 300 g/mol. The van der Waals surface area contributed by atoms with Crippen molar-refractivity contribution in [2.45, 2.75) is 38.8 Å². The Labute approximate surface area is 124 Å². The third kappa shape index (κ3) is 3.77. The molecule has 1 aliphatic heterocycles. The third-order valence-corrected chi connectivity index (χ3v) is 4.15. The van der Waals surface area contributed by atoms with E-state index in [2.05, 4.69) is 19.2 Å². The van der Waals surface area contributed by atoms with Gasteiger partial charge in [-0.3, -0.25) is 4.90 Å². The highest BCUT2D eigenvalue weighted by Gasteiger charge is 2.33. The summed E-state index contributed by atoms with van der Waals surface area (Å²) < 4.78 is 40.7. The van der Waals surface area contributed by atoms with Gasteiger partial charge in [0, 0.05) is 30.3 Å². The van der Waals surface area contributed by atoms with E-state index in [1.807, 2.05) is 11.9 Å². The lowest BCUT2D eigenvalue weighted by Crippen LogP contribution is -2.42. The summed E-state index contributed by atoms with van der Waals surface area (Å²) in [6.07, 6.45) is 1.98. The highest BCUT2D eigenvalue weighted by atomic mass is 19.2. The van der Waals surface area contributed by atoms with Gasteiger partial charge in [0.1, 0.15) is 5.82 Å². The molecule has 0 aliphatic carbocycles. The second kappa shape index (κ2) is 6.79. The molecule has 2 atom stereocenters. The lowest BCUT2D eigenvalue weighted by atomic mass is 9.84. The highest BCUT2D eigenvalue weighted by molar-refractivity contribution is 5.25. The summed E-state index contributed by atoms with van der Waals surface area (Å²) in [5.41, 5.74) is 0.256. The number of halogens is 3. The Balaban J connectivity index is 2.29. The van der Waals surface area contributed by atoms with Crippen LogP contribution >= 0.6 is 0 Å². The number of nitrogens with zero attached hydrogens (tertiary/aromatic N) is 1. The molecule has 1 aromatic rings. The fourth-order valence-electron chi connectivity index (χ4n) is 3.12. The van der Waals surface area contributed by atoms with Crippen LogP contribution in [0.2, 0.25) is 0 Å². The SMILES string of the molecule is CC(C)NCC1CCCN(C)C1c1cc(F)c(F)cc1F. The van der Waals surface area contributed by atoms with Crippen LogP contribution in [0.4, 0.5) is 13.2 Å². The molecular weight excluding hydrogens is 277 g/mol. The first kappa shape index (κ1) is 16.3. The van der Waals surface area contributed by atoms with Crippen molar-refractivity contribution in [2.24, 2.45) is 5.92 Å². The van der Waals surface area contributed by atoms with Gasteiger partial charge in [-0.1, -0.05) is 13.8 Å². The van der Waals surface area contributed by atoms with Gasteiger partial charge in [0.15, 0.2) is 11.6 Å². The topological polar surface area (TPSA) is 15.3 Å². The van der Waals surface area contributed by atoms with Crippen molar-refractivity contribution in [3.63, 3.8) is 0 Å². The van der Waals surface area contributed by atoms with Gasteiger partial charge in [-0.15, -0.1) is 0 Å². The van der Waals surface area contributed by atoms with Gasteiger partial charge in [-0.25, -0.2) is 13.2 Å². The number of likely N-dealkylation sites (tertiary alicyclic amines) is 1. The maximum Gasteiger partial charge on any atom is 0.161 e. The van der Waals surface area contributed by atoms with Gasteiger partial charge in [0.25, 0.3) is 0 Å². The molecule has 2 rings (SSSR count). The molecule has 118 valence electrons. The highest BCUT2D eigenvalue weighted by Crippen LogP contribution is 2.36. The van der Waals surface area contributed by atoms with Crippen LogP contribution in [0.1, 0.15) is 38.3 Å². The van der Waals surface area contributed by atoms with Crippen LogP contribution in [0, 0.1) is 23.4 Å². The van der Waals surface area contributed by atoms with Gasteiger partial charge >= 0.3 is 0 Å². The van der Waals surface area contributed by atoms with E-state index in [0.29, 0.717) is 12.1 Å². The van der Waals surface area contributed by atoms with E-state index in [4.69, 9.17) is 0 Å². The largest absolute Gasteiger partial charge is 0.314 e. The molecule has 1 heterocycles. The smallest absolute Gasteiger partial charge is 0.161 e. The number of nitrogens with one attached hydrogen (secondary N) is 1. The normalized spacial score (nSPS) is 23.8. The number of piperidine rings is 1. The minimum atomic E-state index is -1.13. The first-order chi connectivity index (χ1) is 9.90. The zero-order valence-electron chi connectivity index (χ0n) is 12.8. The van der Waals surface area contributed by atoms with Gasteiger partial charge in [-0.05, 0) is 38.4 Å². The van der Waals surface area contributed by atoms with E-state index >= 15 is 0 Å². The molecule has 0 bridgehead atoms. The fourth-order valence-corrected chi connectivity index (χ4v) is 3.12. The summed E-state index contributed by atoms with van der Waals surface area (Å²) in [6.45, 7) is 5.69. The molecule has 2 unspecified atom stereocenters.